The summed E-state index contributed by atoms with van der Waals surface area (Å²) in [5, 5.41) is 21.8. The molecule has 3 heterocycles. The van der Waals surface area contributed by atoms with E-state index >= 15 is 0 Å². The third kappa shape index (κ3) is 5.21. The van der Waals surface area contributed by atoms with E-state index in [-0.39, 0.29) is 28.0 Å². The number of aryl methyl sites for hydroxylation is 2. The van der Waals surface area contributed by atoms with Crippen molar-refractivity contribution in [1.29, 1.82) is 0 Å². The Bertz CT molecular complexity index is 1460. The Morgan fingerprint density at radius 2 is 1.85 bits per heavy atom. The molecule has 1 fully saturated rings. The Kier molecular flexibility index (Phi) is 7.70. The molecule has 0 saturated carbocycles. The fraction of sp³-hybridized carbons (Fsp3) is 0.423. The number of aromatic nitrogens is 1. The third-order valence-electron chi connectivity index (χ3n) is 6.48. The quantitative estimate of drug-likeness (QED) is 0.193. The molecule has 0 aliphatic carbocycles. The number of hydrogen-bond donors (Lipinski definition) is 4. The topological polar surface area (TPSA) is 179 Å². The molecule has 4 rings (SSSR count). The Labute approximate surface area is 222 Å². The summed E-state index contributed by atoms with van der Waals surface area (Å²) in [7, 11) is 2.59. The molecule has 39 heavy (non-hydrogen) atoms. The van der Waals surface area contributed by atoms with Crippen LogP contribution in [0.3, 0.4) is 0 Å². The minimum absolute atomic E-state index is 0.0478. The van der Waals surface area contributed by atoms with Gasteiger partial charge < -0.3 is 38.6 Å². The average molecular weight is 547 g/mol. The van der Waals surface area contributed by atoms with Crippen molar-refractivity contribution in [3.05, 3.63) is 57.2 Å². The van der Waals surface area contributed by atoms with Crippen molar-refractivity contribution in [3.8, 4) is 11.5 Å². The molecule has 0 bridgehead atoms. The first kappa shape index (κ1) is 28.1. The van der Waals surface area contributed by atoms with Crippen LogP contribution < -0.4 is 15.8 Å². The largest absolute Gasteiger partial charge is 0.506 e. The molecule has 1 amide bonds. The first-order chi connectivity index (χ1) is 18.4. The van der Waals surface area contributed by atoms with Gasteiger partial charge in [0.25, 0.3) is 5.91 Å². The van der Waals surface area contributed by atoms with Crippen LogP contribution in [-0.4, -0.2) is 71.5 Å². The van der Waals surface area contributed by atoms with E-state index in [1.807, 2.05) is 5.48 Å². The van der Waals surface area contributed by atoms with Crippen molar-refractivity contribution in [1.82, 2.24) is 10.5 Å². The van der Waals surface area contributed by atoms with E-state index in [9.17, 15) is 24.6 Å². The molecule has 4 atom stereocenters. The van der Waals surface area contributed by atoms with Gasteiger partial charge in [0.15, 0.2) is 17.8 Å². The monoisotopic (exact) mass is 546 g/mol. The Morgan fingerprint density at radius 3 is 2.46 bits per heavy atom. The molecule has 0 spiro atoms. The fourth-order valence-corrected chi connectivity index (χ4v) is 4.58. The van der Waals surface area contributed by atoms with Crippen LogP contribution in [-0.2, 0) is 19.0 Å². The highest BCUT2D eigenvalue weighted by atomic mass is 16.7. The second-order valence-corrected chi connectivity index (χ2v) is 9.59. The number of carbonyl (C=O) groups is 2. The molecule has 3 aromatic rings. The second kappa shape index (κ2) is 10.7. The minimum atomic E-state index is -1.49. The van der Waals surface area contributed by atoms with Crippen LogP contribution in [0.15, 0.2) is 33.5 Å². The summed E-state index contributed by atoms with van der Waals surface area (Å²) in [4.78, 5) is 44.8. The lowest BCUT2D eigenvalue weighted by molar-refractivity contribution is -0.305. The van der Waals surface area contributed by atoms with E-state index in [1.54, 1.807) is 39.8 Å². The van der Waals surface area contributed by atoms with E-state index in [4.69, 9.17) is 23.4 Å². The number of ether oxygens (including phenoxy) is 4. The van der Waals surface area contributed by atoms with Gasteiger partial charge in [-0.1, -0.05) is 0 Å². The van der Waals surface area contributed by atoms with Crippen molar-refractivity contribution in [2.75, 3.05) is 14.2 Å². The summed E-state index contributed by atoms with van der Waals surface area (Å²) in [5.74, 6) is -2.14. The zero-order valence-corrected chi connectivity index (χ0v) is 22.2. The van der Waals surface area contributed by atoms with Crippen molar-refractivity contribution in [2.45, 2.75) is 57.9 Å². The van der Waals surface area contributed by atoms with Crippen molar-refractivity contribution < 1.29 is 48.0 Å². The maximum atomic E-state index is 12.8. The summed E-state index contributed by atoms with van der Waals surface area (Å²) in [5.41, 5.74) is 0.352. The van der Waals surface area contributed by atoms with Crippen LogP contribution in [0, 0.1) is 13.8 Å². The van der Waals surface area contributed by atoms with E-state index in [2.05, 4.69) is 9.82 Å². The van der Waals surface area contributed by atoms with Crippen LogP contribution >= 0.6 is 0 Å². The van der Waals surface area contributed by atoms with Gasteiger partial charge in [0, 0.05) is 18.4 Å². The first-order valence-corrected chi connectivity index (χ1v) is 11.9. The number of carbonyl (C=O) groups excluding carboxylic acids is 2. The van der Waals surface area contributed by atoms with Gasteiger partial charge in [-0.3, -0.25) is 9.63 Å². The van der Waals surface area contributed by atoms with Gasteiger partial charge in [0.2, 0.25) is 6.29 Å². The van der Waals surface area contributed by atoms with Gasteiger partial charge in [-0.25, -0.2) is 15.1 Å². The SMILES string of the molecule is CONC(=O)c1c(O)c2ccc(O[C@@H]3OC(C)(C)[C@@H](OC)[C@@H](OC(=O)c4ccc(C)[nH]4)[C@H]3O)c(C)c2oc1=O. The highest BCUT2D eigenvalue weighted by molar-refractivity contribution is 6.01. The standard InChI is InChI=1S/C26H30N2O11/c1-11-7-9-14(27-11)23(32)38-20-18(30)25(39-26(3,4)21(20)34-5)36-15-10-8-13-17(29)16(22(31)28-35-6)24(33)37-19(13)12(15)2/h7-10,18,20-21,25,27,29-30H,1-6H3,(H,28,31)/t18-,20+,21+,25-/m1/s1. The average Bonchev–Trinajstić information content (AvgIpc) is 3.30. The molecule has 0 unspecified atom stereocenters. The maximum absolute atomic E-state index is 12.8. The molecule has 0 radical (unpaired) electrons. The summed E-state index contributed by atoms with van der Waals surface area (Å²) < 4.78 is 28.5. The van der Waals surface area contributed by atoms with Crippen LogP contribution in [0.2, 0.25) is 0 Å². The third-order valence-corrected chi connectivity index (χ3v) is 6.48. The van der Waals surface area contributed by atoms with Crippen molar-refractivity contribution in [2.24, 2.45) is 0 Å². The fourth-order valence-electron chi connectivity index (χ4n) is 4.58. The predicted octanol–water partition coefficient (Wildman–Crippen LogP) is 1.85. The van der Waals surface area contributed by atoms with E-state index in [0.29, 0.717) is 0 Å². The van der Waals surface area contributed by atoms with Crippen LogP contribution in [0.5, 0.6) is 11.5 Å². The molecule has 1 saturated heterocycles. The lowest BCUT2D eigenvalue weighted by Gasteiger charge is -2.47. The maximum Gasteiger partial charge on any atom is 0.355 e. The lowest BCUT2D eigenvalue weighted by atomic mass is 9.89. The number of aromatic amines is 1. The molecule has 13 nitrogen and oxygen atoms in total. The van der Waals surface area contributed by atoms with Gasteiger partial charge >= 0.3 is 11.6 Å². The molecule has 2 aromatic heterocycles. The molecule has 4 N–H and O–H groups in total. The normalized spacial score (nSPS) is 22.4. The summed E-state index contributed by atoms with van der Waals surface area (Å²) in [6, 6.07) is 6.11. The number of fused-ring (bicyclic) bond motifs is 1. The number of H-pyrrole nitrogens is 1. The van der Waals surface area contributed by atoms with Gasteiger partial charge in [-0.2, -0.15) is 0 Å². The molecule has 1 aliphatic heterocycles. The smallest absolute Gasteiger partial charge is 0.355 e. The molecule has 1 aromatic carbocycles. The van der Waals surface area contributed by atoms with E-state index in [1.165, 1.54) is 26.4 Å². The van der Waals surface area contributed by atoms with Crippen molar-refractivity contribution >= 4 is 22.8 Å². The van der Waals surface area contributed by atoms with Gasteiger partial charge in [-0.15, -0.1) is 0 Å². The summed E-state index contributed by atoms with van der Waals surface area (Å²) in [6.07, 6.45) is -4.85. The molecular formula is C26H30N2O11. The number of benzene rings is 1. The number of nitrogens with one attached hydrogen (secondary N) is 2. The predicted molar refractivity (Wildman–Crippen MR) is 134 cm³/mol. The number of hydrogen-bond acceptors (Lipinski definition) is 11. The summed E-state index contributed by atoms with van der Waals surface area (Å²) >= 11 is 0. The number of aliphatic hydroxyl groups is 1. The van der Waals surface area contributed by atoms with Crippen LogP contribution in [0.4, 0.5) is 0 Å². The zero-order valence-electron chi connectivity index (χ0n) is 22.2. The number of amides is 1. The van der Waals surface area contributed by atoms with Crippen LogP contribution in [0.25, 0.3) is 11.0 Å². The first-order valence-electron chi connectivity index (χ1n) is 11.9. The zero-order chi connectivity index (χ0) is 28.6. The number of methoxy groups -OCH3 is 1. The molecule has 1 aliphatic rings. The molecule has 210 valence electrons. The van der Waals surface area contributed by atoms with E-state index in [0.717, 1.165) is 5.69 Å². The number of rotatable bonds is 7. The summed E-state index contributed by atoms with van der Waals surface area (Å²) in [6.45, 7) is 6.73. The molecular weight excluding hydrogens is 516 g/mol. The van der Waals surface area contributed by atoms with Crippen molar-refractivity contribution in [3.63, 3.8) is 0 Å². The minimum Gasteiger partial charge on any atom is -0.506 e. The highest BCUT2D eigenvalue weighted by Crippen LogP contribution is 2.37. The van der Waals surface area contributed by atoms with Gasteiger partial charge in [0.1, 0.15) is 28.9 Å². The number of aliphatic hydroxyl groups excluding tert-OH is 1. The Hall–Kier alpha value is -3.91. The highest BCUT2D eigenvalue weighted by Gasteiger charge is 2.53. The Morgan fingerprint density at radius 1 is 1.13 bits per heavy atom. The Balaban J connectivity index is 1.66. The lowest BCUT2D eigenvalue weighted by Crippen LogP contribution is -2.65. The van der Waals surface area contributed by atoms with E-state index < -0.39 is 59.0 Å². The number of hydroxylamine groups is 1. The number of esters is 1. The number of aromatic hydroxyl groups is 1. The molecule has 13 heteroatoms. The second-order valence-electron chi connectivity index (χ2n) is 9.59. The van der Waals surface area contributed by atoms with Crippen LogP contribution in [0.1, 0.15) is 46.0 Å². The van der Waals surface area contributed by atoms with Gasteiger partial charge in [0.05, 0.1) is 18.1 Å². The van der Waals surface area contributed by atoms with Gasteiger partial charge in [-0.05, 0) is 52.0 Å².